The maximum Gasteiger partial charge on any atom is 0.209 e. The number of halogens is 1. The van der Waals surface area contributed by atoms with E-state index < -0.39 is 0 Å². The minimum absolute atomic E-state index is 0.285. The Labute approximate surface area is 99.6 Å². The number of amides is 1. The summed E-state index contributed by atoms with van der Waals surface area (Å²) in [5, 5.41) is 3.93. The first-order valence-corrected chi connectivity index (χ1v) is 5.73. The smallest absolute Gasteiger partial charge is 0.209 e. The molecule has 1 amide bonds. The van der Waals surface area contributed by atoms with Crippen LogP contribution < -0.4 is 5.32 Å². The van der Waals surface area contributed by atoms with E-state index >= 15 is 0 Å². The van der Waals surface area contributed by atoms with E-state index in [2.05, 4.69) is 10.3 Å². The van der Waals surface area contributed by atoms with Gasteiger partial charge in [0, 0.05) is 25.3 Å². The molecule has 1 aliphatic rings. The third-order valence-corrected chi connectivity index (χ3v) is 2.90. The number of carbonyl (C=O) groups excluding carboxylic acids is 1. The van der Waals surface area contributed by atoms with E-state index in [0.29, 0.717) is 5.02 Å². The van der Waals surface area contributed by atoms with Gasteiger partial charge in [0.2, 0.25) is 6.41 Å². The Kier molecular flexibility index (Phi) is 3.62. The summed E-state index contributed by atoms with van der Waals surface area (Å²) >= 11 is 5.76. The molecule has 1 saturated heterocycles. The second kappa shape index (κ2) is 5.16. The van der Waals surface area contributed by atoms with Crippen LogP contribution in [-0.2, 0) is 4.79 Å². The summed E-state index contributed by atoms with van der Waals surface area (Å²) in [4.78, 5) is 16.6. The molecule has 1 fully saturated rings. The zero-order valence-corrected chi connectivity index (χ0v) is 9.65. The lowest BCUT2D eigenvalue weighted by atomic mass is 10.1. The predicted molar refractivity (Wildman–Crippen MR) is 63.5 cm³/mol. The van der Waals surface area contributed by atoms with Gasteiger partial charge in [-0.05, 0) is 25.0 Å². The zero-order chi connectivity index (χ0) is 11.4. The Morgan fingerprint density at radius 1 is 1.56 bits per heavy atom. The number of hydrogen-bond acceptors (Lipinski definition) is 3. The number of pyridine rings is 1. The molecule has 5 heteroatoms. The maximum absolute atomic E-state index is 10.7. The lowest BCUT2D eigenvalue weighted by Crippen LogP contribution is -2.41. The molecule has 4 nitrogen and oxygen atoms in total. The van der Waals surface area contributed by atoms with Crippen molar-refractivity contribution in [2.75, 3.05) is 18.4 Å². The molecule has 0 aliphatic carbocycles. The molecule has 1 N–H and O–H groups in total. The molecule has 16 heavy (non-hydrogen) atoms. The van der Waals surface area contributed by atoms with Gasteiger partial charge in [0.05, 0.1) is 5.02 Å². The number of aromatic nitrogens is 1. The summed E-state index contributed by atoms with van der Waals surface area (Å²) < 4.78 is 0. The van der Waals surface area contributed by atoms with Gasteiger partial charge in [0.25, 0.3) is 0 Å². The van der Waals surface area contributed by atoms with Crippen molar-refractivity contribution in [3.8, 4) is 0 Å². The molecule has 0 saturated carbocycles. The molecule has 1 aliphatic heterocycles. The first-order chi connectivity index (χ1) is 7.78. The molecule has 1 unspecified atom stereocenters. The number of anilines is 1. The molecule has 1 atom stereocenters. The number of rotatable bonds is 3. The van der Waals surface area contributed by atoms with E-state index in [0.717, 1.165) is 38.2 Å². The topological polar surface area (TPSA) is 45.2 Å². The highest BCUT2D eigenvalue weighted by atomic mass is 35.5. The lowest BCUT2D eigenvalue weighted by Gasteiger charge is -2.30. The van der Waals surface area contributed by atoms with Gasteiger partial charge in [-0.3, -0.25) is 4.79 Å². The van der Waals surface area contributed by atoms with Crippen molar-refractivity contribution in [1.29, 1.82) is 0 Å². The first-order valence-electron chi connectivity index (χ1n) is 5.35. The first kappa shape index (κ1) is 11.2. The number of carbonyl (C=O) groups is 1. The van der Waals surface area contributed by atoms with Crippen molar-refractivity contribution in [1.82, 2.24) is 9.88 Å². The minimum Gasteiger partial charge on any atom is -0.366 e. The molecule has 0 spiro atoms. The van der Waals surface area contributed by atoms with Crippen LogP contribution in [0.5, 0.6) is 0 Å². The SMILES string of the molecule is O=CN1CCCC(Nc2ccc(Cl)cn2)C1. The number of nitrogens with one attached hydrogen (secondary N) is 1. The number of likely N-dealkylation sites (tertiary alicyclic amines) is 1. The zero-order valence-electron chi connectivity index (χ0n) is 8.90. The normalized spacial score (nSPS) is 20.6. The van der Waals surface area contributed by atoms with Crippen LogP contribution >= 0.6 is 11.6 Å². The van der Waals surface area contributed by atoms with Crippen LogP contribution in [-0.4, -0.2) is 35.4 Å². The average molecular weight is 240 g/mol. The van der Waals surface area contributed by atoms with Crippen molar-refractivity contribution in [2.45, 2.75) is 18.9 Å². The molecular formula is C11H14ClN3O. The number of piperidine rings is 1. The van der Waals surface area contributed by atoms with E-state index in [1.54, 1.807) is 17.2 Å². The van der Waals surface area contributed by atoms with E-state index in [9.17, 15) is 4.79 Å². The predicted octanol–water partition coefficient (Wildman–Crippen LogP) is 1.77. The maximum atomic E-state index is 10.7. The van der Waals surface area contributed by atoms with Crippen molar-refractivity contribution >= 4 is 23.8 Å². The summed E-state index contributed by atoms with van der Waals surface area (Å²) in [5.74, 6) is 0.808. The van der Waals surface area contributed by atoms with Gasteiger partial charge in [0.15, 0.2) is 0 Å². The second-order valence-electron chi connectivity index (χ2n) is 3.95. The highest BCUT2D eigenvalue weighted by molar-refractivity contribution is 6.30. The van der Waals surface area contributed by atoms with Crippen molar-refractivity contribution in [3.63, 3.8) is 0 Å². The summed E-state index contributed by atoms with van der Waals surface area (Å²) in [6, 6.07) is 3.94. The van der Waals surface area contributed by atoms with E-state index in [1.807, 2.05) is 6.07 Å². The average Bonchev–Trinajstić information content (AvgIpc) is 2.32. The molecule has 2 rings (SSSR count). The number of nitrogens with zero attached hydrogens (tertiary/aromatic N) is 2. The fourth-order valence-electron chi connectivity index (χ4n) is 1.89. The third-order valence-electron chi connectivity index (χ3n) is 2.68. The van der Waals surface area contributed by atoms with Gasteiger partial charge in [-0.25, -0.2) is 4.98 Å². The Morgan fingerprint density at radius 2 is 2.44 bits per heavy atom. The van der Waals surface area contributed by atoms with Crippen LogP contribution in [0.25, 0.3) is 0 Å². The molecule has 0 bridgehead atoms. The Balaban J connectivity index is 1.93. The third kappa shape index (κ3) is 2.85. The van der Waals surface area contributed by atoms with Gasteiger partial charge >= 0.3 is 0 Å². The van der Waals surface area contributed by atoms with Crippen LogP contribution in [0.2, 0.25) is 5.02 Å². The summed E-state index contributed by atoms with van der Waals surface area (Å²) in [7, 11) is 0. The van der Waals surface area contributed by atoms with Crippen LogP contribution in [0.4, 0.5) is 5.82 Å². The highest BCUT2D eigenvalue weighted by Crippen LogP contribution is 2.15. The summed E-state index contributed by atoms with van der Waals surface area (Å²) in [6.45, 7) is 1.60. The quantitative estimate of drug-likeness (QED) is 0.818. The minimum atomic E-state index is 0.285. The summed E-state index contributed by atoms with van der Waals surface area (Å²) in [6.07, 6.45) is 4.62. The van der Waals surface area contributed by atoms with E-state index in [1.165, 1.54) is 0 Å². The molecule has 1 aromatic rings. The second-order valence-corrected chi connectivity index (χ2v) is 4.38. The standard InChI is InChI=1S/C11H14ClN3O/c12-9-3-4-11(13-6-9)14-10-2-1-5-15(7-10)8-16/h3-4,6,8,10H,1-2,5,7H2,(H,13,14). The molecule has 0 radical (unpaired) electrons. The van der Waals surface area contributed by atoms with Gasteiger partial charge in [-0.15, -0.1) is 0 Å². The van der Waals surface area contributed by atoms with E-state index in [-0.39, 0.29) is 6.04 Å². The van der Waals surface area contributed by atoms with Crippen LogP contribution in [0.3, 0.4) is 0 Å². The van der Waals surface area contributed by atoms with E-state index in [4.69, 9.17) is 11.6 Å². The molecule has 2 heterocycles. The van der Waals surface area contributed by atoms with Crippen molar-refractivity contribution < 1.29 is 4.79 Å². The fourth-order valence-corrected chi connectivity index (χ4v) is 2.00. The van der Waals surface area contributed by atoms with Crippen LogP contribution in [0, 0.1) is 0 Å². The largest absolute Gasteiger partial charge is 0.366 e. The van der Waals surface area contributed by atoms with Gasteiger partial charge in [-0.1, -0.05) is 11.6 Å². The molecule has 1 aromatic heterocycles. The Morgan fingerprint density at radius 3 is 3.12 bits per heavy atom. The Bertz CT molecular complexity index is 355. The summed E-state index contributed by atoms with van der Waals surface area (Å²) in [5.41, 5.74) is 0. The van der Waals surface area contributed by atoms with Crippen LogP contribution in [0.1, 0.15) is 12.8 Å². The van der Waals surface area contributed by atoms with Crippen LogP contribution in [0.15, 0.2) is 18.3 Å². The van der Waals surface area contributed by atoms with Gasteiger partial charge in [0.1, 0.15) is 5.82 Å². The van der Waals surface area contributed by atoms with Crippen molar-refractivity contribution in [2.24, 2.45) is 0 Å². The molecule has 0 aromatic carbocycles. The fraction of sp³-hybridized carbons (Fsp3) is 0.455. The highest BCUT2D eigenvalue weighted by Gasteiger charge is 2.18. The van der Waals surface area contributed by atoms with Gasteiger partial charge < -0.3 is 10.2 Å². The van der Waals surface area contributed by atoms with Crippen molar-refractivity contribution in [3.05, 3.63) is 23.4 Å². The molecular weight excluding hydrogens is 226 g/mol. The monoisotopic (exact) mass is 239 g/mol. The Hall–Kier alpha value is -1.29. The lowest BCUT2D eigenvalue weighted by molar-refractivity contribution is -0.119. The molecule has 86 valence electrons. The van der Waals surface area contributed by atoms with Gasteiger partial charge in [-0.2, -0.15) is 0 Å². The number of hydrogen-bond donors (Lipinski definition) is 1.